The maximum Gasteiger partial charge on any atom is 0.254 e. The maximum atomic E-state index is 13.2. The number of hydrogen-bond donors (Lipinski definition) is 2. The highest BCUT2D eigenvalue weighted by atomic mass is 19.2. The first-order valence-corrected chi connectivity index (χ1v) is 5.09. The predicted molar refractivity (Wildman–Crippen MR) is 56.9 cm³/mol. The van der Waals surface area contributed by atoms with Crippen LogP contribution < -0.4 is 11.1 Å². The summed E-state index contributed by atoms with van der Waals surface area (Å²) in [5, 5.41) is 2.39. The second-order valence-electron chi connectivity index (χ2n) is 3.77. The van der Waals surface area contributed by atoms with Gasteiger partial charge in [0.1, 0.15) is 0 Å². The van der Waals surface area contributed by atoms with Gasteiger partial charge in [0, 0.05) is 6.54 Å². The lowest BCUT2D eigenvalue weighted by molar-refractivity contribution is 0.0943. The van der Waals surface area contributed by atoms with E-state index in [-0.39, 0.29) is 12.5 Å². The molecule has 0 aliphatic heterocycles. The molecule has 0 aliphatic rings. The van der Waals surface area contributed by atoms with Crippen molar-refractivity contribution in [1.29, 1.82) is 0 Å². The highest BCUT2D eigenvalue weighted by Crippen LogP contribution is 2.14. The highest BCUT2D eigenvalue weighted by Gasteiger charge is 2.18. The van der Waals surface area contributed by atoms with E-state index in [2.05, 4.69) is 5.32 Å². The summed E-state index contributed by atoms with van der Waals surface area (Å²) in [6.45, 7) is 2.40. The van der Waals surface area contributed by atoms with Crippen molar-refractivity contribution in [2.24, 2.45) is 11.7 Å². The molecular weight excluding hydrogens is 233 g/mol. The van der Waals surface area contributed by atoms with Crippen molar-refractivity contribution in [3.05, 3.63) is 35.1 Å². The van der Waals surface area contributed by atoms with E-state index in [1.165, 1.54) is 0 Å². The van der Waals surface area contributed by atoms with Crippen LogP contribution in [0.25, 0.3) is 0 Å². The van der Waals surface area contributed by atoms with Crippen molar-refractivity contribution in [2.75, 3.05) is 13.1 Å². The first kappa shape index (κ1) is 13.5. The molecule has 6 heteroatoms. The van der Waals surface area contributed by atoms with Gasteiger partial charge in [-0.25, -0.2) is 13.2 Å². The van der Waals surface area contributed by atoms with E-state index in [0.29, 0.717) is 12.6 Å². The molecule has 17 heavy (non-hydrogen) atoms. The van der Waals surface area contributed by atoms with Crippen LogP contribution in [-0.4, -0.2) is 19.0 Å². The minimum absolute atomic E-state index is 0.0207. The normalized spacial score (nSPS) is 12.3. The first-order valence-electron chi connectivity index (χ1n) is 5.09. The highest BCUT2D eigenvalue weighted by molar-refractivity contribution is 5.94. The Balaban J connectivity index is 2.80. The standard InChI is InChI=1S/C11H13F3N2O/c1-6(4-15)5-16-11(17)7-2-3-8(12)10(14)9(7)13/h2-3,6H,4-5,15H2,1H3,(H,16,17). The fraction of sp³-hybridized carbons (Fsp3) is 0.364. The van der Waals surface area contributed by atoms with Crippen molar-refractivity contribution >= 4 is 5.91 Å². The Labute approximate surface area is 96.8 Å². The average molecular weight is 246 g/mol. The molecule has 3 N–H and O–H groups in total. The van der Waals surface area contributed by atoms with Crippen LogP contribution >= 0.6 is 0 Å². The Morgan fingerprint density at radius 3 is 2.59 bits per heavy atom. The zero-order valence-corrected chi connectivity index (χ0v) is 9.27. The zero-order valence-electron chi connectivity index (χ0n) is 9.27. The molecule has 1 unspecified atom stereocenters. The van der Waals surface area contributed by atoms with E-state index < -0.39 is 28.9 Å². The Bertz CT molecular complexity index is 423. The minimum Gasteiger partial charge on any atom is -0.352 e. The van der Waals surface area contributed by atoms with Gasteiger partial charge in [-0.15, -0.1) is 0 Å². The molecule has 3 nitrogen and oxygen atoms in total. The number of hydrogen-bond acceptors (Lipinski definition) is 2. The van der Waals surface area contributed by atoms with Gasteiger partial charge in [0.25, 0.3) is 5.91 Å². The summed E-state index contributed by atoms with van der Waals surface area (Å²) in [6, 6.07) is 1.61. The van der Waals surface area contributed by atoms with Crippen molar-refractivity contribution in [2.45, 2.75) is 6.92 Å². The largest absolute Gasteiger partial charge is 0.352 e. The summed E-state index contributed by atoms with van der Waals surface area (Å²) in [5.74, 6) is -5.23. The average Bonchev–Trinajstić information content (AvgIpc) is 2.32. The Hall–Kier alpha value is -1.56. The smallest absolute Gasteiger partial charge is 0.254 e. The molecule has 1 atom stereocenters. The predicted octanol–water partition coefficient (Wildman–Crippen LogP) is 1.43. The number of carbonyl (C=O) groups is 1. The zero-order chi connectivity index (χ0) is 13.0. The van der Waals surface area contributed by atoms with Gasteiger partial charge >= 0.3 is 0 Å². The Morgan fingerprint density at radius 1 is 1.35 bits per heavy atom. The third-order valence-electron chi connectivity index (χ3n) is 2.29. The van der Waals surface area contributed by atoms with Crippen LogP contribution in [0, 0.1) is 23.4 Å². The fourth-order valence-electron chi connectivity index (χ4n) is 1.15. The molecule has 1 amide bonds. The lowest BCUT2D eigenvalue weighted by Gasteiger charge is -2.10. The van der Waals surface area contributed by atoms with Crippen molar-refractivity contribution in [3.8, 4) is 0 Å². The number of nitrogens with two attached hydrogens (primary N) is 1. The van der Waals surface area contributed by atoms with Gasteiger partial charge in [0.15, 0.2) is 17.5 Å². The van der Waals surface area contributed by atoms with Crippen LogP contribution in [0.15, 0.2) is 12.1 Å². The quantitative estimate of drug-likeness (QED) is 0.789. The topological polar surface area (TPSA) is 55.1 Å². The number of nitrogens with one attached hydrogen (secondary N) is 1. The fourth-order valence-corrected chi connectivity index (χ4v) is 1.15. The van der Waals surface area contributed by atoms with Crippen LogP contribution in [-0.2, 0) is 0 Å². The maximum absolute atomic E-state index is 13.2. The van der Waals surface area contributed by atoms with Gasteiger partial charge in [-0.3, -0.25) is 4.79 Å². The van der Waals surface area contributed by atoms with Gasteiger partial charge in [0.2, 0.25) is 0 Å². The van der Waals surface area contributed by atoms with Crippen LogP contribution in [0.3, 0.4) is 0 Å². The molecular formula is C11H13F3N2O. The SMILES string of the molecule is CC(CN)CNC(=O)c1ccc(F)c(F)c1F. The molecule has 94 valence electrons. The summed E-state index contributed by atoms with van der Waals surface area (Å²) in [5.41, 5.74) is 4.82. The molecule has 0 radical (unpaired) electrons. The number of rotatable bonds is 4. The molecule has 0 spiro atoms. The van der Waals surface area contributed by atoms with Crippen LogP contribution in [0.1, 0.15) is 17.3 Å². The van der Waals surface area contributed by atoms with Gasteiger partial charge in [-0.1, -0.05) is 6.92 Å². The Morgan fingerprint density at radius 2 is 2.00 bits per heavy atom. The number of benzene rings is 1. The monoisotopic (exact) mass is 246 g/mol. The van der Waals surface area contributed by atoms with Crippen molar-refractivity contribution in [1.82, 2.24) is 5.32 Å². The summed E-state index contributed by atoms with van der Waals surface area (Å²) < 4.78 is 38.7. The van der Waals surface area contributed by atoms with E-state index in [9.17, 15) is 18.0 Å². The van der Waals surface area contributed by atoms with E-state index in [1.807, 2.05) is 0 Å². The van der Waals surface area contributed by atoms with Gasteiger partial charge in [0.05, 0.1) is 5.56 Å². The first-order chi connectivity index (χ1) is 7.97. The van der Waals surface area contributed by atoms with E-state index in [4.69, 9.17) is 5.73 Å². The minimum atomic E-state index is -1.65. The molecule has 0 aromatic heterocycles. The molecule has 0 fully saturated rings. The second-order valence-corrected chi connectivity index (χ2v) is 3.77. The van der Waals surface area contributed by atoms with E-state index in [1.54, 1.807) is 6.92 Å². The van der Waals surface area contributed by atoms with E-state index in [0.717, 1.165) is 6.07 Å². The van der Waals surface area contributed by atoms with Crippen LogP contribution in [0.5, 0.6) is 0 Å². The van der Waals surface area contributed by atoms with E-state index >= 15 is 0 Å². The number of halogens is 3. The summed E-state index contributed by atoms with van der Waals surface area (Å²) >= 11 is 0. The molecule has 0 bridgehead atoms. The van der Waals surface area contributed by atoms with Crippen LogP contribution in [0.2, 0.25) is 0 Å². The van der Waals surface area contributed by atoms with Crippen molar-refractivity contribution < 1.29 is 18.0 Å². The second kappa shape index (κ2) is 5.67. The Kier molecular flexibility index (Phi) is 4.51. The third-order valence-corrected chi connectivity index (χ3v) is 2.29. The molecule has 1 aromatic carbocycles. The van der Waals surface area contributed by atoms with Crippen LogP contribution in [0.4, 0.5) is 13.2 Å². The summed E-state index contributed by atoms with van der Waals surface area (Å²) in [6.07, 6.45) is 0. The number of amides is 1. The van der Waals surface area contributed by atoms with Gasteiger partial charge in [-0.05, 0) is 24.6 Å². The summed E-state index contributed by atoms with van der Waals surface area (Å²) in [7, 11) is 0. The lowest BCUT2D eigenvalue weighted by Crippen LogP contribution is -2.32. The summed E-state index contributed by atoms with van der Waals surface area (Å²) in [4.78, 5) is 11.5. The molecule has 1 rings (SSSR count). The molecule has 1 aromatic rings. The number of carbonyl (C=O) groups excluding carboxylic acids is 1. The molecule has 0 saturated heterocycles. The molecule has 0 saturated carbocycles. The third kappa shape index (κ3) is 3.20. The molecule has 0 aliphatic carbocycles. The lowest BCUT2D eigenvalue weighted by atomic mass is 10.1. The molecule has 0 heterocycles. The van der Waals surface area contributed by atoms with Gasteiger partial charge in [-0.2, -0.15) is 0 Å². The van der Waals surface area contributed by atoms with Gasteiger partial charge < -0.3 is 11.1 Å². The van der Waals surface area contributed by atoms with Crippen molar-refractivity contribution in [3.63, 3.8) is 0 Å².